The Bertz CT molecular complexity index is 1080. The SMILES string of the molecule is Nc1ncnc2c1ncn2CC(=O)N1[C@@H]2CC2C[C@H]1C(=O)OCc1ccccc1. The number of nitrogens with two attached hydrogens (primary N) is 1. The molecule has 1 aliphatic heterocycles. The molecule has 0 radical (unpaired) electrons. The zero-order chi connectivity index (χ0) is 20.0. The van der Waals surface area contributed by atoms with Crippen molar-refractivity contribution in [1.29, 1.82) is 0 Å². The lowest BCUT2D eigenvalue weighted by Crippen LogP contribution is -2.45. The highest BCUT2D eigenvalue weighted by Crippen LogP contribution is 2.48. The van der Waals surface area contributed by atoms with Crippen molar-refractivity contribution in [3.05, 3.63) is 48.5 Å². The minimum atomic E-state index is -0.538. The number of aromatic nitrogens is 4. The number of nitrogens with zero attached hydrogens (tertiary/aromatic N) is 5. The van der Waals surface area contributed by atoms with Crippen LogP contribution in [0.4, 0.5) is 5.82 Å². The predicted molar refractivity (Wildman–Crippen MR) is 103 cm³/mol. The van der Waals surface area contributed by atoms with Gasteiger partial charge in [0.05, 0.1) is 6.33 Å². The highest BCUT2D eigenvalue weighted by Gasteiger charge is 2.56. The molecule has 3 aromatic rings. The van der Waals surface area contributed by atoms with Crippen molar-refractivity contribution in [2.75, 3.05) is 5.73 Å². The molecule has 9 nitrogen and oxygen atoms in total. The fourth-order valence-electron chi connectivity index (χ4n) is 4.09. The Labute approximate surface area is 166 Å². The largest absolute Gasteiger partial charge is 0.459 e. The van der Waals surface area contributed by atoms with Gasteiger partial charge in [0.1, 0.15) is 31.0 Å². The maximum Gasteiger partial charge on any atom is 0.329 e. The Morgan fingerprint density at radius 2 is 1.97 bits per heavy atom. The van der Waals surface area contributed by atoms with Crippen LogP contribution in [0.15, 0.2) is 43.0 Å². The van der Waals surface area contributed by atoms with Crippen LogP contribution in [0.3, 0.4) is 0 Å². The molecule has 5 rings (SSSR count). The number of nitrogen functional groups attached to an aromatic ring is 1. The fraction of sp³-hybridized carbons (Fsp3) is 0.350. The van der Waals surface area contributed by atoms with Crippen molar-refractivity contribution in [3.63, 3.8) is 0 Å². The summed E-state index contributed by atoms with van der Waals surface area (Å²) >= 11 is 0. The van der Waals surface area contributed by atoms with E-state index in [0.717, 1.165) is 12.0 Å². The van der Waals surface area contributed by atoms with Gasteiger partial charge in [0.15, 0.2) is 11.5 Å². The van der Waals surface area contributed by atoms with E-state index < -0.39 is 6.04 Å². The molecule has 2 aromatic heterocycles. The Morgan fingerprint density at radius 3 is 2.79 bits per heavy atom. The van der Waals surface area contributed by atoms with Gasteiger partial charge in [-0.2, -0.15) is 0 Å². The van der Waals surface area contributed by atoms with Gasteiger partial charge in [-0.05, 0) is 24.3 Å². The number of likely N-dealkylation sites (tertiary alicyclic amines) is 1. The number of benzene rings is 1. The average molecular weight is 392 g/mol. The number of carbonyl (C=O) groups is 2. The minimum Gasteiger partial charge on any atom is -0.459 e. The van der Waals surface area contributed by atoms with Gasteiger partial charge in [-0.25, -0.2) is 19.7 Å². The molecule has 0 spiro atoms. The Morgan fingerprint density at radius 1 is 1.14 bits per heavy atom. The molecule has 2 N–H and O–H groups in total. The van der Waals surface area contributed by atoms with Gasteiger partial charge >= 0.3 is 5.97 Å². The number of carbonyl (C=O) groups excluding carboxylic acids is 2. The fourth-order valence-corrected chi connectivity index (χ4v) is 4.09. The number of imidazole rings is 1. The van der Waals surface area contributed by atoms with Crippen LogP contribution in [-0.4, -0.2) is 48.4 Å². The maximum absolute atomic E-state index is 13.1. The average Bonchev–Trinajstić information content (AvgIpc) is 3.20. The van der Waals surface area contributed by atoms with Gasteiger partial charge in [0.2, 0.25) is 5.91 Å². The van der Waals surface area contributed by atoms with Crippen LogP contribution in [0.2, 0.25) is 0 Å². The van der Waals surface area contributed by atoms with Crippen LogP contribution < -0.4 is 5.73 Å². The van der Waals surface area contributed by atoms with Gasteiger partial charge in [-0.1, -0.05) is 30.3 Å². The van der Waals surface area contributed by atoms with Crippen LogP contribution in [0, 0.1) is 5.92 Å². The smallest absolute Gasteiger partial charge is 0.329 e. The van der Waals surface area contributed by atoms with Gasteiger partial charge in [-0.15, -0.1) is 0 Å². The number of amides is 1. The molecule has 0 bridgehead atoms. The van der Waals surface area contributed by atoms with Crippen molar-refractivity contribution < 1.29 is 14.3 Å². The summed E-state index contributed by atoms with van der Waals surface area (Å²) in [5.41, 5.74) is 7.69. The number of piperidine rings is 1. The first-order valence-corrected chi connectivity index (χ1v) is 9.55. The summed E-state index contributed by atoms with van der Waals surface area (Å²) in [4.78, 5) is 39.7. The zero-order valence-electron chi connectivity index (χ0n) is 15.6. The molecular weight excluding hydrogens is 372 g/mol. The normalized spacial score (nSPS) is 22.5. The molecule has 1 aliphatic carbocycles. The lowest BCUT2D eigenvalue weighted by atomic mass is 10.1. The first-order chi connectivity index (χ1) is 14.1. The molecule has 2 aliphatic rings. The molecular formula is C20H20N6O3. The monoisotopic (exact) mass is 392 g/mol. The topological polar surface area (TPSA) is 116 Å². The van der Waals surface area contributed by atoms with Crippen LogP contribution in [0.25, 0.3) is 11.2 Å². The summed E-state index contributed by atoms with van der Waals surface area (Å²) in [6.07, 6.45) is 4.46. The third-order valence-electron chi connectivity index (χ3n) is 5.62. The molecule has 1 saturated heterocycles. The first-order valence-electron chi connectivity index (χ1n) is 9.55. The molecule has 1 saturated carbocycles. The van der Waals surface area contributed by atoms with Crippen molar-refractivity contribution in [1.82, 2.24) is 24.4 Å². The number of anilines is 1. The maximum atomic E-state index is 13.1. The minimum absolute atomic E-state index is 0.0403. The molecule has 29 heavy (non-hydrogen) atoms. The lowest BCUT2D eigenvalue weighted by Gasteiger charge is -2.26. The van der Waals surface area contributed by atoms with Crippen LogP contribution in [0.5, 0.6) is 0 Å². The Hall–Kier alpha value is -3.49. The molecule has 2 fully saturated rings. The van der Waals surface area contributed by atoms with E-state index in [1.54, 1.807) is 9.47 Å². The molecule has 1 amide bonds. The number of hydrogen-bond acceptors (Lipinski definition) is 7. The second kappa shape index (κ2) is 6.84. The number of esters is 1. The van der Waals surface area contributed by atoms with E-state index in [1.807, 2.05) is 30.3 Å². The van der Waals surface area contributed by atoms with Gasteiger partial charge < -0.3 is 19.9 Å². The van der Waals surface area contributed by atoms with Crippen LogP contribution >= 0.6 is 0 Å². The standard InChI is InChI=1S/C20H20N6O3/c21-18-17-19(23-10-22-18)25(11-24-17)8-16(27)26-14-6-13(14)7-15(26)20(28)29-9-12-4-2-1-3-5-12/h1-5,10-11,13-15H,6-9H2,(H2,21,22,23)/t13?,14-,15+/m1/s1. The van der Waals surface area contributed by atoms with Crippen molar-refractivity contribution in [2.24, 2.45) is 5.92 Å². The number of fused-ring (bicyclic) bond motifs is 2. The third kappa shape index (κ3) is 3.18. The molecule has 1 aromatic carbocycles. The van der Waals surface area contributed by atoms with E-state index in [2.05, 4.69) is 15.0 Å². The van der Waals surface area contributed by atoms with E-state index in [-0.39, 0.29) is 36.9 Å². The van der Waals surface area contributed by atoms with Crippen molar-refractivity contribution in [2.45, 2.75) is 38.1 Å². The van der Waals surface area contributed by atoms with E-state index in [4.69, 9.17) is 10.5 Å². The summed E-state index contributed by atoms with van der Waals surface area (Å²) < 4.78 is 7.13. The third-order valence-corrected chi connectivity index (χ3v) is 5.62. The molecule has 1 unspecified atom stereocenters. The van der Waals surface area contributed by atoms with E-state index in [1.165, 1.54) is 12.7 Å². The first kappa shape index (κ1) is 17.6. The summed E-state index contributed by atoms with van der Waals surface area (Å²) in [6.45, 7) is 0.245. The summed E-state index contributed by atoms with van der Waals surface area (Å²) in [6, 6.07) is 9.09. The van der Waals surface area contributed by atoms with Crippen LogP contribution in [-0.2, 0) is 27.5 Å². The second-order valence-corrected chi connectivity index (χ2v) is 7.51. The summed E-state index contributed by atoms with van der Waals surface area (Å²) in [5.74, 6) is 0.155. The number of rotatable bonds is 5. The highest BCUT2D eigenvalue weighted by atomic mass is 16.5. The molecule has 3 atom stereocenters. The van der Waals surface area contributed by atoms with Crippen molar-refractivity contribution >= 4 is 28.9 Å². The second-order valence-electron chi connectivity index (χ2n) is 7.51. The summed E-state index contributed by atoms with van der Waals surface area (Å²) in [7, 11) is 0. The van der Waals surface area contributed by atoms with E-state index in [9.17, 15) is 9.59 Å². The quantitative estimate of drug-likeness (QED) is 0.647. The van der Waals surface area contributed by atoms with Gasteiger partial charge in [0.25, 0.3) is 0 Å². The van der Waals surface area contributed by atoms with E-state index in [0.29, 0.717) is 23.5 Å². The van der Waals surface area contributed by atoms with Gasteiger partial charge in [0, 0.05) is 6.04 Å². The van der Waals surface area contributed by atoms with Crippen LogP contribution in [0.1, 0.15) is 18.4 Å². The number of ether oxygens (including phenoxy) is 1. The molecule has 9 heteroatoms. The van der Waals surface area contributed by atoms with Crippen molar-refractivity contribution in [3.8, 4) is 0 Å². The number of hydrogen-bond donors (Lipinski definition) is 1. The van der Waals surface area contributed by atoms with Gasteiger partial charge in [-0.3, -0.25) is 4.79 Å². The summed E-state index contributed by atoms with van der Waals surface area (Å²) in [5, 5.41) is 0. The Kier molecular flexibility index (Phi) is 4.15. The Balaban J connectivity index is 1.30. The predicted octanol–water partition coefficient (Wildman–Crippen LogP) is 1.14. The van der Waals surface area contributed by atoms with E-state index >= 15 is 0 Å². The lowest BCUT2D eigenvalue weighted by molar-refractivity contribution is -0.155. The molecule has 148 valence electrons. The molecule has 3 heterocycles. The zero-order valence-corrected chi connectivity index (χ0v) is 15.6. The highest BCUT2D eigenvalue weighted by molar-refractivity contribution is 5.88.